The molecular weight excluding hydrogens is 342 g/mol. The number of rotatable bonds is 16. The number of carbonyl (C=O) groups is 3. The Kier molecular flexibility index (Phi) is 12.5. The number of carbonyl (C=O) groups excluding carboxylic acids is 2. The molecule has 27 heavy (non-hydrogen) atoms. The van der Waals surface area contributed by atoms with Gasteiger partial charge in [-0.05, 0) is 32.1 Å². The molecular formula is C22H37NO4. The van der Waals surface area contributed by atoms with Crippen molar-refractivity contribution in [3.05, 3.63) is 12.2 Å². The van der Waals surface area contributed by atoms with E-state index in [0.717, 1.165) is 37.0 Å². The molecule has 0 radical (unpaired) electrons. The summed E-state index contributed by atoms with van der Waals surface area (Å²) in [5.74, 6) is -1.76. The summed E-state index contributed by atoms with van der Waals surface area (Å²) in [4.78, 5) is 35.8. The summed E-state index contributed by atoms with van der Waals surface area (Å²) in [6.07, 6.45) is 19.2. The van der Waals surface area contributed by atoms with Crippen LogP contribution in [-0.4, -0.2) is 33.8 Å². The van der Waals surface area contributed by atoms with Crippen molar-refractivity contribution in [2.24, 2.45) is 0 Å². The highest BCUT2D eigenvalue weighted by molar-refractivity contribution is 6.04. The third-order valence-corrected chi connectivity index (χ3v) is 5.18. The standard InChI is InChI=1S/C22H37NO4/c1-2-3-4-5-6-7-8-9-10-11-12-13-14-15-16-19(22(26)27)23-20(24)17-18-21(23)25/h9-10,19H,2-8,11-18H2,1H3,(H,26,27). The van der Waals surface area contributed by atoms with Crippen LogP contribution in [0.2, 0.25) is 0 Å². The van der Waals surface area contributed by atoms with Crippen molar-refractivity contribution in [2.45, 2.75) is 109 Å². The molecule has 5 nitrogen and oxygen atoms in total. The van der Waals surface area contributed by atoms with Gasteiger partial charge in [-0.25, -0.2) is 4.79 Å². The summed E-state index contributed by atoms with van der Waals surface area (Å²) in [6, 6.07) is -0.982. The monoisotopic (exact) mass is 379 g/mol. The van der Waals surface area contributed by atoms with E-state index in [4.69, 9.17) is 0 Å². The van der Waals surface area contributed by atoms with E-state index >= 15 is 0 Å². The predicted molar refractivity (Wildman–Crippen MR) is 107 cm³/mol. The number of aliphatic carboxylic acids is 1. The number of carboxylic acids is 1. The van der Waals surface area contributed by atoms with Crippen molar-refractivity contribution in [1.82, 2.24) is 4.90 Å². The Bertz CT molecular complexity index is 471. The van der Waals surface area contributed by atoms with E-state index in [1.807, 2.05) is 0 Å². The molecule has 154 valence electrons. The summed E-state index contributed by atoms with van der Waals surface area (Å²) in [6.45, 7) is 2.24. The fraction of sp³-hybridized carbons (Fsp3) is 0.773. The van der Waals surface area contributed by atoms with E-state index in [1.54, 1.807) is 0 Å². The van der Waals surface area contributed by atoms with Crippen LogP contribution in [0.25, 0.3) is 0 Å². The van der Waals surface area contributed by atoms with Gasteiger partial charge in [-0.15, -0.1) is 0 Å². The molecule has 0 aliphatic carbocycles. The first-order chi connectivity index (χ1) is 13.1. The molecule has 0 aromatic carbocycles. The van der Waals surface area contributed by atoms with Crippen molar-refractivity contribution < 1.29 is 19.5 Å². The number of carboxylic acid groups (broad SMARTS) is 1. The molecule has 1 fully saturated rings. The van der Waals surface area contributed by atoms with Crippen molar-refractivity contribution in [1.29, 1.82) is 0 Å². The molecule has 0 spiro atoms. The number of allylic oxidation sites excluding steroid dienone is 2. The normalized spacial score (nSPS) is 15.8. The third-order valence-electron chi connectivity index (χ3n) is 5.18. The Labute approximate surface area is 164 Å². The lowest BCUT2D eigenvalue weighted by molar-refractivity contribution is -0.154. The lowest BCUT2D eigenvalue weighted by Gasteiger charge is -2.22. The minimum Gasteiger partial charge on any atom is -0.480 e. The average Bonchev–Trinajstić information content (AvgIpc) is 2.97. The lowest BCUT2D eigenvalue weighted by atomic mass is 10.0. The lowest BCUT2D eigenvalue weighted by Crippen LogP contribution is -2.44. The first-order valence-electron chi connectivity index (χ1n) is 10.8. The topological polar surface area (TPSA) is 74.7 Å². The number of imide groups is 1. The van der Waals surface area contributed by atoms with E-state index in [1.165, 1.54) is 44.9 Å². The van der Waals surface area contributed by atoms with Gasteiger partial charge >= 0.3 is 5.97 Å². The van der Waals surface area contributed by atoms with Gasteiger partial charge in [0.2, 0.25) is 11.8 Å². The summed E-state index contributed by atoms with van der Waals surface area (Å²) < 4.78 is 0. The Morgan fingerprint density at radius 2 is 1.37 bits per heavy atom. The van der Waals surface area contributed by atoms with Gasteiger partial charge in [-0.3, -0.25) is 14.5 Å². The zero-order valence-corrected chi connectivity index (χ0v) is 17.0. The van der Waals surface area contributed by atoms with Gasteiger partial charge in [0.05, 0.1) is 0 Å². The molecule has 1 heterocycles. The van der Waals surface area contributed by atoms with Crippen LogP contribution in [0, 0.1) is 0 Å². The second-order valence-electron chi connectivity index (χ2n) is 7.53. The quantitative estimate of drug-likeness (QED) is 0.226. The van der Waals surface area contributed by atoms with Gasteiger partial charge in [-0.1, -0.05) is 70.4 Å². The van der Waals surface area contributed by atoms with Crippen LogP contribution in [0.4, 0.5) is 0 Å². The number of hydrogen-bond donors (Lipinski definition) is 1. The van der Waals surface area contributed by atoms with Crippen LogP contribution < -0.4 is 0 Å². The number of hydrogen-bond acceptors (Lipinski definition) is 3. The predicted octanol–water partition coefficient (Wildman–Crippen LogP) is 5.24. The summed E-state index contributed by atoms with van der Waals surface area (Å²) in [7, 11) is 0. The molecule has 1 N–H and O–H groups in total. The minimum absolute atomic E-state index is 0.147. The van der Waals surface area contributed by atoms with Gasteiger partial charge in [0.25, 0.3) is 0 Å². The van der Waals surface area contributed by atoms with Crippen molar-refractivity contribution in [3.8, 4) is 0 Å². The largest absolute Gasteiger partial charge is 0.480 e. The number of likely N-dealkylation sites (tertiary alicyclic amines) is 1. The SMILES string of the molecule is CCCCCCCCC=CCCCCCCC(C(=O)O)N1C(=O)CCC1=O. The van der Waals surface area contributed by atoms with Crippen LogP contribution >= 0.6 is 0 Å². The molecule has 5 heteroatoms. The van der Waals surface area contributed by atoms with Crippen LogP contribution in [0.5, 0.6) is 0 Å². The van der Waals surface area contributed by atoms with E-state index in [0.29, 0.717) is 6.42 Å². The smallest absolute Gasteiger partial charge is 0.326 e. The highest BCUT2D eigenvalue weighted by Gasteiger charge is 2.38. The highest BCUT2D eigenvalue weighted by atomic mass is 16.4. The van der Waals surface area contributed by atoms with Crippen LogP contribution in [0.3, 0.4) is 0 Å². The van der Waals surface area contributed by atoms with Crippen LogP contribution in [-0.2, 0) is 14.4 Å². The summed E-state index contributed by atoms with van der Waals surface area (Å²) in [5, 5.41) is 9.32. The van der Waals surface area contributed by atoms with Gasteiger partial charge in [-0.2, -0.15) is 0 Å². The maximum atomic E-state index is 11.7. The minimum atomic E-state index is -1.07. The van der Waals surface area contributed by atoms with Gasteiger partial charge in [0.15, 0.2) is 0 Å². The van der Waals surface area contributed by atoms with Crippen molar-refractivity contribution in [3.63, 3.8) is 0 Å². The average molecular weight is 380 g/mol. The second kappa shape index (κ2) is 14.4. The van der Waals surface area contributed by atoms with Gasteiger partial charge < -0.3 is 5.11 Å². The first kappa shape index (κ1) is 23.4. The molecule has 1 saturated heterocycles. The molecule has 1 aliphatic heterocycles. The Morgan fingerprint density at radius 1 is 0.889 bits per heavy atom. The molecule has 2 amide bonds. The summed E-state index contributed by atoms with van der Waals surface area (Å²) >= 11 is 0. The van der Waals surface area contributed by atoms with E-state index in [9.17, 15) is 19.5 Å². The number of nitrogens with zero attached hydrogens (tertiary/aromatic N) is 1. The fourth-order valence-corrected chi connectivity index (χ4v) is 3.54. The molecule has 0 aromatic heterocycles. The zero-order valence-electron chi connectivity index (χ0n) is 17.0. The fourth-order valence-electron chi connectivity index (χ4n) is 3.54. The van der Waals surface area contributed by atoms with Crippen molar-refractivity contribution in [2.75, 3.05) is 0 Å². The molecule has 0 bridgehead atoms. The molecule has 0 saturated carbocycles. The Hall–Kier alpha value is -1.65. The van der Waals surface area contributed by atoms with E-state index in [-0.39, 0.29) is 24.7 Å². The number of amides is 2. The Balaban J connectivity index is 2.04. The Morgan fingerprint density at radius 3 is 1.89 bits per heavy atom. The van der Waals surface area contributed by atoms with Crippen LogP contribution in [0.1, 0.15) is 103 Å². The van der Waals surface area contributed by atoms with Gasteiger partial charge in [0, 0.05) is 12.8 Å². The van der Waals surface area contributed by atoms with Crippen LogP contribution in [0.15, 0.2) is 12.2 Å². The maximum Gasteiger partial charge on any atom is 0.326 e. The maximum absolute atomic E-state index is 11.7. The van der Waals surface area contributed by atoms with Crippen molar-refractivity contribution >= 4 is 17.8 Å². The van der Waals surface area contributed by atoms with E-state index < -0.39 is 12.0 Å². The summed E-state index contributed by atoms with van der Waals surface area (Å²) in [5.41, 5.74) is 0. The number of unbranched alkanes of at least 4 members (excludes halogenated alkanes) is 10. The molecule has 0 aromatic rings. The second-order valence-corrected chi connectivity index (χ2v) is 7.53. The third kappa shape index (κ3) is 9.73. The zero-order chi connectivity index (χ0) is 19.9. The molecule has 1 unspecified atom stereocenters. The molecule has 1 aliphatic rings. The highest BCUT2D eigenvalue weighted by Crippen LogP contribution is 2.20. The van der Waals surface area contributed by atoms with Gasteiger partial charge in [0.1, 0.15) is 6.04 Å². The first-order valence-corrected chi connectivity index (χ1v) is 10.8. The molecule has 1 atom stereocenters. The molecule has 1 rings (SSSR count). The van der Waals surface area contributed by atoms with E-state index in [2.05, 4.69) is 19.1 Å².